The van der Waals surface area contributed by atoms with E-state index in [1.165, 1.54) is 36.9 Å². The van der Waals surface area contributed by atoms with Crippen LogP contribution in [0.2, 0.25) is 0 Å². The molecule has 1 nitrogen and oxygen atoms in total. The molecule has 17 heavy (non-hydrogen) atoms. The predicted molar refractivity (Wildman–Crippen MR) is 78.5 cm³/mol. The first-order valence-corrected chi connectivity index (χ1v) is 7.16. The molecule has 1 aliphatic heterocycles. The van der Waals surface area contributed by atoms with Crippen molar-refractivity contribution in [3.8, 4) is 0 Å². The molecule has 0 amide bonds. The first kappa shape index (κ1) is 16.2. The van der Waals surface area contributed by atoms with Gasteiger partial charge in [0.1, 0.15) is 0 Å². The van der Waals surface area contributed by atoms with Gasteiger partial charge in [0, 0.05) is 6.04 Å². The standard InChI is InChI=1S/C12H17N.2C2H6/c1-10-5-7-11(8-6-10)12-4-2-3-9-13-12;2*1-2/h5-8,12-13H,2-4,9H2,1H3;2*1-2H3. The average Bonchev–Trinajstić information content (AvgIpc) is 2.45. The monoisotopic (exact) mass is 235 g/mol. The van der Waals surface area contributed by atoms with Crippen LogP contribution >= 0.6 is 0 Å². The van der Waals surface area contributed by atoms with Crippen molar-refractivity contribution in [3.05, 3.63) is 35.4 Å². The number of benzene rings is 1. The van der Waals surface area contributed by atoms with Crippen LogP contribution in [0.5, 0.6) is 0 Å². The summed E-state index contributed by atoms with van der Waals surface area (Å²) in [5, 5.41) is 3.55. The van der Waals surface area contributed by atoms with E-state index in [2.05, 4.69) is 36.5 Å². The van der Waals surface area contributed by atoms with Crippen LogP contribution in [0.1, 0.15) is 64.1 Å². The van der Waals surface area contributed by atoms with Crippen LogP contribution in [0.25, 0.3) is 0 Å². The second-order valence-corrected chi connectivity index (χ2v) is 3.91. The Hall–Kier alpha value is -0.820. The number of nitrogens with one attached hydrogen (secondary N) is 1. The molecule has 1 unspecified atom stereocenters. The van der Waals surface area contributed by atoms with E-state index in [0.29, 0.717) is 6.04 Å². The van der Waals surface area contributed by atoms with E-state index in [-0.39, 0.29) is 0 Å². The normalized spacial score (nSPS) is 18.3. The Kier molecular flexibility index (Phi) is 9.84. The van der Waals surface area contributed by atoms with E-state index in [9.17, 15) is 0 Å². The van der Waals surface area contributed by atoms with Crippen LogP contribution < -0.4 is 5.32 Å². The van der Waals surface area contributed by atoms with Crippen molar-refractivity contribution in [2.24, 2.45) is 0 Å². The molecule has 1 fully saturated rings. The molecule has 0 spiro atoms. The molecule has 1 aliphatic rings. The van der Waals surface area contributed by atoms with Crippen molar-refractivity contribution in [2.45, 2.75) is 59.9 Å². The molecule has 98 valence electrons. The topological polar surface area (TPSA) is 12.0 Å². The van der Waals surface area contributed by atoms with Crippen molar-refractivity contribution in [3.63, 3.8) is 0 Å². The Morgan fingerprint density at radius 3 is 2.00 bits per heavy atom. The molecule has 0 saturated carbocycles. The molecular weight excluding hydrogens is 206 g/mol. The third-order valence-corrected chi connectivity index (χ3v) is 2.79. The lowest BCUT2D eigenvalue weighted by Crippen LogP contribution is -2.26. The van der Waals surface area contributed by atoms with Crippen LogP contribution in [0.15, 0.2) is 24.3 Å². The van der Waals surface area contributed by atoms with E-state index in [1.54, 1.807) is 0 Å². The molecule has 1 atom stereocenters. The van der Waals surface area contributed by atoms with Crippen LogP contribution in [-0.2, 0) is 0 Å². The van der Waals surface area contributed by atoms with E-state index >= 15 is 0 Å². The minimum atomic E-state index is 0.606. The SMILES string of the molecule is CC.CC.Cc1ccc(C2CCCCN2)cc1. The van der Waals surface area contributed by atoms with Crippen LogP contribution in [0.4, 0.5) is 0 Å². The molecule has 0 aliphatic carbocycles. The zero-order chi connectivity index (χ0) is 13.1. The number of hydrogen-bond donors (Lipinski definition) is 1. The lowest BCUT2D eigenvalue weighted by molar-refractivity contribution is 0.412. The smallest absolute Gasteiger partial charge is 0.0320 e. The molecule has 1 N–H and O–H groups in total. The summed E-state index contributed by atoms with van der Waals surface area (Å²) in [7, 11) is 0. The molecule has 0 aromatic heterocycles. The highest BCUT2D eigenvalue weighted by Gasteiger charge is 2.13. The maximum absolute atomic E-state index is 3.55. The van der Waals surface area contributed by atoms with Crippen LogP contribution in [0, 0.1) is 6.92 Å². The molecule has 1 aromatic rings. The predicted octanol–water partition coefficient (Wildman–Crippen LogP) is 4.86. The number of rotatable bonds is 1. The minimum Gasteiger partial charge on any atom is -0.310 e. The summed E-state index contributed by atoms with van der Waals surface area (Å²) in [6.07, 6.45) is 4.00. The largest absolute Gasteiger partial charge is 0.310 e. The molecule has 1 aromatic carbocycles. The number of hydrogen-bond acceptors (Lipinski definition) is 1. The van der Waals surface area contributed by atoms with Gasteiger partial charge in [-0.05, 0) is 31.9 Å². The van der Waals surface area contributed by atoms with Gasteiger partial charge < -0.3 is 5.32 Å². The maximum atomic E-state index is 3.55. The highest BCUT2D eigenvalue weighted by atomic mass is 14.9. The van der Waals surface area contributed by atoms with Crippen molar-refractivity contribution >= 4 is 0 Å². The quantitative estimate of drug-likeness (QED) is 0.733. The zero-order valence-corrected chi connectivity index (χ0v) is 12.2. The summed E-state index contributed by atoms with van der Waals surface area (Å²) in [4.78, 5) is 0. The summed E-state index contributed by atoms with van der Waals surface area (Å²) < 4.78 is 0. The first-order chi connectivity index (χ1) is 8.36. The van der Waals surface area contributed by atoms with Crippen molar-refractivity contribution in [1.29, 1.82) is 0 Å². The molecule has 2 rings (SSSR count). The lowest BCUT2D eigenvalue weighted by atomic mass is 9.97. The first-order valence-electron chi connectivity index (χ1n) is 7.16. The fraction of sp³-hybridized carbons (Fsp3) is 0.625. The molecule has 1 heteroatoms. The highest BCUT2D eigenvalue weighted by molar-refractivity contribution is 5.24. The molecule has 0 bridgehead atoms. The molecular formula is C16H29N. The number of piperidine rings is 1. The summed E-state index contributed by atoms with van der Waals surface area (Å²) >= 11 is 0. The molecule has 1 heterocycles. The van der Waals surface area contributed by atoms with Gasteiger partial charge in [-0.1, -0.05) is 63.9 Å². The molecule has 1 saturated heterocycles. The summed E-state index contributed by atoms with van der Waals surface area (Å²) in [5.41, 5.74) is 2.80. The van der Waals surface area contributed by atoms with Crippen LogP contribution in [0.3, 0.4) is 0 Å². The Labute approximate surface area is 108 Å². The van der Waals surface area contributed by atoms with Gasteiger partial charge in [0.25, 0.3) is 0 Å². The number of aryl methyl sites for hydroxylation is 1. The van der Waals surface area contributed by atoms with Gasteiger partial charge in [-0.25, -0.2) is 0 Å². The Morgan fingerprint density at radius 2 is 1.53 bits per heavy atom. The molecule has 0 radical (unpaired) electrons. The second kappa shape index (κ2) is 10.3. The van der Waals surface area contributed by atoms with Gasteiger partial charge in [-0.15, -0.1) is 0 Å². The van der Waals surface area contributed by atoms with Crippen molar-refractivity contribution in [1.82, 2.24) is 5.32 Å². The van der Waals surface area contributed by atoms with Crippen molar-refractivity contribution in [2.75, 3.05) is 6.54 Å². The zero-order valence-electron chi connectivity index (χ0n) is 12.2. The van der Waals surface area contributed by atoms with Crippen molar-refractivity contribution < 1.29 is 0 Å². The highest BCUT2D eigenvalue weighted by Crippen LogP contribution is 2.22. The van der Waals surface area contributed by atoms with Gasteiger partial charge in [-0.2, -0.15) is 0 Å². The van der Waals surface area contributed by atoms with E-state index < -0.39 is 0 Å². The third-order valence-electron chi connectivity index (χ3n) is 2.79. The van der Waals surface area contributed by atoms with Gasteiger partial charge in [-0.3, -0.25) is 0 Å². The fourth-order valence-corrected chi connectivity index (χ4v) is 1.94. The van der Waals surface area contributed by atoms with Gasteiger partial charge in [0.2, 0.25) is 0 Å². The Morgan fingerprint density at radius 1 is 0.941 bits per heavy atom. The fourth-order valence-electron chi connectivity index (χ4n) is 1.94. The van der Waals surface area contributed by atoms with E-state index in [1.807, 2.05) is 27.7 Å². The lowest BCUT2D eigenvalue weighted by Gasteiger charge is -2.23. The third kappa shape index (κ3) is 5.88. The maximum Gasteiger partial charge on any atom is 0.0320 e. The van der Waals surface area contributed by atoms with Gasteiger partial charge in [0.05, 0.1) is 0 Å². The van der Waals surface area contributed by atoms with Gasteiger partial charge >= 0.3 is 0 Å². The second-order valence-electron chi connectivity index (χ2n) is 3.91. The van der Waals surface area contributed by atoms with Crippen LogP contribution in [-0.4, -0.2) is 6.54 Å². The minimum absolute atomic E-state index is 0.606. The summed E-state index contributed by atoms with van der Waals surface area (Å²) in [6.45, 7) is 11.3. The van der Waals surface area contributed by atoms with E-state index in [4.69, 9.17) is 0 Å². The average molecular weight is 235 g/mol. The Bertz CT molecular complexity index is 257. The van der Waals surface area contributed by atoms with Gasteiger partial charge in [0.15, 0.2) is 0 Å². The summed E-state index contributed by atoms with van der Waals surface area (Å²) in [5.74, 6) is 0. The Balaban J connectivity index is 0.000000581. The van der Waals surface area contributed by atoms with E-state index in [0.717, 1.165) is 0 Å². The summed E-state index contributed by atoms with van der Waals surface area (Å²) in [6, 6.07) is 9.50.